The van der Waals surface area contributed by atoms with E-state index in [2.05, 4.69) is 16.8 Å². The summed E-state index contributed by atoms with van der Waals surface area (Å²) in [7, 11) is 0. The molecule has 0 aromatic carbocycles. The van der Waals surface area contributed by atoms with Crippen LogP contribution in [0.25, 0.3) is 0 Å². The first-order chi connectivity index (χ1) is 7.74. The molecule has 0 bridgehead atoms. The van der Waals surface area contributed by atoms with Crippen molar-refractivity contribution >= 4 is 11.5 Å². The van der Waals surface area contributed by atoms with E-state index in [1.807, 2.05) is 19.2 Å². The second-order valence-electron chi connectivity index (χ2n) is 4.20. The number of anilines is 2. The van der Waals surface area contributed by atoms with Crippen molar-refractivity contribution in [3.05, 3.63) is 17.8 Å². The predicted molar refractivity (Wildman–Crippen MR) is 65.6 cm³/mol. The summed E-state index contributed by atoms with van der Waals surface area (Å²) in [6, 6.07) is 2.34. The Bertz CT molecular complexity index is 367. The second-order valence-corrected chi connectivity index (χ2v) is 4.20. The van der Waals surface area contributed by atoms with Gasteiger partial charge in [0, 0.05) is 12.7 Å². The first-order valence-corrected chi connectivity index (χ1v) is 5.79. The number of ether oxygens (including phenoxy) is 1. The lowest BCUT2D eigenvalue weighted by Gasteiger charge is -2.36. The van der Waals surface area contributed by atoms with E-state index >= 15 is 0 Å². The maximum Gasteiger partial charge on any atom is 0.152 e. The number of pyridine rings is 1. The summed E-state index contributed by atoms with van der Waals surface area (Å²) in [5.74, 6) is 0.912. The van der Waals surface area contributed by atoms with Crippen LogP contribution in [0.3, 0.4) is 0 Å². The summed E-state index contributed by atoms with van der Waals surface area (Å²) in [4.78, 5) is 6.68. The maximum atomic E-state index is 6.09. The third kappa shape index (κ3) is 1.97. The first-order valence-electron chi connectivity index (χ1n) is 5.79. The number of nitrogens with two attached hydrogens (primary N) is 1. The highest BCUT2D eigenvalue weighted by atomic mass is 16.5. The number of nitrogen functional groups attached to an aromatic ring is 1. The molecule has 1 aromatic heterocycles. The summed E-state index contributed by atoms with van der Waals surface area (Å²) in [5, 5.41) is 0. The lowest BCUT2D eigenvalue weighted by molar-refractivity contribution is 0.0926. The molecule has 0 aliphatic carbocycles. The molecule has 2 rings (SSSR count). The quantitative estimate of drug-likeness (QED) is 0.824. The molecule has 1 unspecified atom stereocenters. The third-order valence-electron chi connectivity index (χ3n) is 3.16. The van der Waals surface area contributed by atoms with Gasteiger partial charge in [0.05, 0.1) is 24.9 Å². The summed E-state index contributed by atoms with van der Waals surface area (Å²) < 4.78 is 5.48. The molecule has 4 nitrogen and oxygen atoms in total. The third-order valence-corrected chi connectivity index (χ3v) is 3.16. The number of morpholine rings is 1. The van der Waals surface area contributed by atoms with Gasteiger partial charge in [-0.25, -0.2) is 4.98 Å². The number of hydrogen-bond acceptors (Lipinski definition) is 4. The number of aryl methyl sites for hydroxylation is 1. The van der Waals surface area contributed by atoms with Gasteiger partial charge in [-0.1, -0.05) is 6.92 Å². The van der Waals surface area contributed by atoms with Crippen molar-refractivity contribution in [1.82, 2.24) is 4.98 Å². The van der Waals surface area contributed by atoms with Gasteiger partial charge in [0.2, 0.25) is 0 Å². The Kier molecular flexibility index (Phi) is 3.29. The zero-order chi connectivity index (χ0) is 11.5. The molecular weight excluding hydrogens is 202 g/mol. The van der Waals surface area contributed by atoms with Crippen LogP contribution in [0, 0.1) is 6.92 Å². The van der Waals surface area contributed by atoms with Crippen LogP contribution >= 0.6 is 0 Å². The van der Waals surface area contributed by atoms with Gasteiger partial charge in [0.25, 0.3) is 0 Å². The summed E-state index contributed by atoms with van der Waals surface area (Å²) in [6.45, 7) is 6.58. The summed E-state index contributed by atoms with van der Waals surface area (Å²) >= 11 is 0. The fourth-order valence-corrected chi connectivity index (χ4v) is 2.06. The summed E-state index contributed by atoms with van der Waals surface area (Å²) in [5.41, 5.74) is 7.97. The van der Waals surface area contributed by atoms with Gasteiger partial charge in [-0.3, -0.25) is 0 Å². The van der Waals surface area contributed by atoms with Crippen molar-refractivity contribution in [3.8, 4) is 0 Å². The van der Waals surface area contributed by atoms with E-state index < -0.39 is 0 Å². The Morgan fingerprint density at radius 3 is 3.19 bits per heavy atom. The fraction of sp³-hybridized carbons (Fsp3) is 0.583. The van der Waals surface area contributed by atoms with Crippen LogP contribution in [0.5, 0.6) is 0 Å². The smallest absolute Gasteiger partial charge is 0.152 e. The van der Waals surface area contributed by atoms with Crippen LogP contribution in [-0.4, -0.2) is 30.8 Å². The van der Waals surface area contributed by atoms with Gasteiger partial charge in [-0.15, -0.1) is 0 Å². The second kappa shape index (κ2) is 4.70. The molecule has 1 aliphatic rings. The van der Waals surface area contributed by atoms with Crippen molar-refractivity contribution in [2.45, 2.75) is 26.3 Å². The molecule has 0 radical (unpaired) electrons. The Hall–Kier alpha value is -1.29. The van der Waals surface area contributed by atoms with Gasteiger partial charge in [-0.2, -0.15) is 0 Å². The molecule has 2 heterocycles. The Labute approximate surface area is 96.4 Å². The van der Waals surface area contributed by atoms with Crippen molar-refractivity contribution in [2.75, 3.05) is 30.4 Å². The van der Waals surface area contributed by atoms with Crippen LogP contribution in [0.2, 0.25) is 0 Å². The topological polar surface area (TPSA) is 51.4 Å². The SMILES string of the molecule is CCC1COCCN1c1nccc(C)c1N. The van der Waals surface area contributed by atoms with E-state index in [-0.39, 0.29) is 0 Å². The molecule has 1 saturated heterocycles. The van der Waals surface area contributed by atoms with Gasteiger partial charge in [0.15, 0.2) is 5.82 Å². The van der Waals surface area contributed by atoms with E-state index in [1.165, 1.54) is 0 Å². The molecule has 2 N–H and O–H groups in total. The highest BCUT2D eigenvalue weighted by Crippen LogP contribution is 2.27. The molecular formula is C12H19N3O. The minimum Gasteiger partial charge on any atom is -0.396 e. The predicted octanol–water partition coefficient (Wildman–Crippen LogP) is 1.59. The molecule has 0 amide bonds. The standard InChI is InChI=1S/C12H19N3O/c1-3-10-8-16-7-6-15(10)12-11(13)9(2)4-5-14-12/h4-5,10H,3,6-8,13H2,1-2H3. The highest BCUT2D eigenvalue weighted by molar-refractivity contribution is 5.66. The average Bonchev–Trinajstić information content (AvgIpc) is 2.33. The molecule has 88 valence electrons. The minimum absolute atomic E-state index is 0.394. The summed E-state index contributed by atoms with van der Waals surface area (Å²) in [6.07, 6.45) is 2.87. The van der Waals surface area contributed by atoms with Crippen LogP contribution in [0.4, 0.5) is 11.5 Å². The van der Waals surface area contributed by atoms with Crippen molar-refractivity contribution in [1.29, 1.82) is 0 Å². The van der Waals surface area contributed by atoms with Gasteiger partial charge >= 0.3 is 0 Å². The monoisotopic (exact) mass is 221 g/mol. The van der Waals surface area contributed by atoms with Gasteiger partial charge < -0.3 is 15.4 Å². The van der Waals surface area contributed by atoms with E-state index in [0.717, 1.165) is 43.2 Å². The molecule has 4 heteroatoms. The number of nitrogens with zero attached hydrogens (tertiary/aromatic N) is 2. The van der Waals surface area contributed by atoms with E-state index in [9.17, 15) is 0 Å². The van der Waals surface area contributed by atoms with Crippen LogP contribution in [0.15, 0.2) is 12.3 Å². The normalized spacial score (nSPS) is 21.1. The van der Waals surface area contributed by atoms with Gasteiger partial charge in [0.1, 0.15) is 0 Å². The van der Waals surface area contributed by atoms with Crippen LogP contribution < -0.4 is 10.6 Å². The molecule has 1 aliphatic heterocycles. The average molecular weight is 221 g/mol. The first kappa shape index (κ1) is 11.2. The fourth-order valence-electron chi connectivity index (χ4n) is 2.06. The lowest BCUT2D eigenvalue weighted by Crippen LogP contribution is -2.46. The molecule has 16 heavy (non-hydrogen) atoms. The van der Waals surface area contributed by atoms with Crippen molar-refractivity contribution < 1.29 is 4.74 Å². The highest BCUT2D eigenvalue weighted by Gasteiger charge is 2.24. The van der Waals surface area contributed by atoms with E-state index in [1.54, 1.807) is 0 Å². The largest absolute Gasteiger partial charge is 0.396 e. The van der Waals surface area contributed by atoms with Crippen molar-refractivity contribution in [3.63, 3.8) is 0 Å². The maximum absolute atomic E-state index is 6.09. The van der Waals surface area contributed by atoms with Crippen LogP contribution in [-0.2, 0) is 4.74 Å². The van der Waals surface area contributed by atoms with Gasteiger partial charge in [-0.05, 0) is 25.0 Å². The molecule has 0 spiro atoms. The van der Waals surface area contributed by atoms with E-state index in [4.69, 9.17) is 10.5 Å². The Morgan fingerprint density at radius 1 is 1.62 bits per heavy atom. The van der Waals surface area contributed by atoms with Crippen molar-refractivity contribution in [2.24, 2.45) is 0 Å². The number of aromatic nitrogens is 1. The molecule has 1 aromatic rings. The number of hydrogen-bond donors (Lipinski definition) is 1. The van der Waals surface area contributed by atoms with E-state index in [0.29, 0.717) is 6.04 Å². The zero-order valence-electron chi connectivity index (χ0n) is 9.94. The number of rotatable bonds is 2. The molecule has 1 fully saturated rings. The molecule has 1 atom stereocenters. The molecule has 0 saturated carbocycles. The van der Waals surface area contributed by atoms with Crippen LogP contribution in [0.1, 0.15) is 18.9 Å². The zero-order valence-corrected chi connectivity index (χ0v) is 9.94. The Balaban J connectivity index is 2.30. The minimum atomic E-state index is 0.394. The lowest BCUT2D eigenvalue weighted by atomic mass is 10.1. The Morgan fingerprint density at radius 2 is 2.44 bits per heavy atom.